The molecule has 3 N–H and O–H groups in total. The molecule has 0 aliphatic heterocycles. The zero-order valence-corrected chi connectivity index (χ0v) is 17.1. The number of sulfonamides is 1. The van der Waals surface area contributed by atoms with Crippen LogP contribution < -0.4 is 15.4 Å². The highest BCUT2D eigenvalue weighted by atomic mass is 32.2. The molecule has 0 heterocycles. The molecule has 1 aromatic rings. The van der Waals surface area contributed by atoms with E-state index in [1.807, 2.05) is 13.8 Å². The highest BCUT2D eigenvalue weighted by Crippen LogP contribution is 2.16. The summed E-state index contributed by atoms with van der Waals surface area (Å²) in [6.45, 7) is 7.08. The Morgan fingerprint density at radius 3 is 2.68 bits per heavy atom. The first-order chi connectivity index (χ1) is 13.4. The van der Waals surface area contributed by atoms with Crippen LogP contribution in [-0.4, -0.2) is 58.7 Å². The normalized spacial score (nSPS) is 12.0. The molecular formula is C17H29N5O5S. The van der Waals surface area contributed by atoms with E-state index >= 15 is 0 Å². The van der Waals surface area contributed by atoms with Crippen molar-refractivity contribution in [1.29, 1.82) is 0 Å². The van der Waals surface area contributed by atoms with Gasteiger partial charge in [0.2, 0.25) is 10.0 Å². The number of benzene rings is 1. The van der Waals surface area contributed by atoms with E-state index in [0.717, 1.165) is 25.5 Å². The van der Waals surface area contributed by atoms with Crippen molar-refractivity contribution in [2.24, 2.45) is 4.99 Å². The number of nitrogens with one attached hydrogen (secondary N) is 3. The van der Waals surface area contributed by atoms with Gasteiger partial charge in [0.15, 0.2) is 5.96 Å². The number of rotatable bonds is 13. The van der Waals surface area contributed by atoms with Gasteiger partial charge in [0, 0.05) is 51.5 Å². The van der Waals surface area contributed by atoms with Gasteiger partial charge in [-0.05, 0) is 32.8 Å². The number of guanidine groups is 1. The smallest absolute Gasteiger partial charge is 0.270 e. The number of nitrogens with zero attached hydrogens (tertiary/aromatic N) is 2. The van der Waals surface area contributed by atoms with Gasteiger partial charge in [-0.25, -0.2) is 13.1 Å². The van der Waals surface area contributed by atoms with Crippen LogP contribution >= 0.6 is 0 Å². The molecule has 0 radical (unpaired) electrons. The molecule has 0 bridgehead atoms. The molecule has 28 heavy (non-hydrogen) atoms. The quantitative estimate of drug-likeness (QED) is 0.145. The van der Waals surface area contributed by atoms with Gasteiger partial charge in [-0.1, -0.05) is 6.07 Å². The standard InChI is InChI=1S/C17H29N5O5S/c1-3-18-17(19-10-5-6-13-27-4-2)20-11-12-21-28(25,26)16-9-7-8-15(14-16)22(23)24/h7-9,14,21H,3-6,10-13H2,1-2H3,(H2,18,19,20). The average Bonchev–Trinajstić information content (AvgIpc) is 2.67. The number of aliphatic imine (C=N–C) groups is 1. The first-order valence-corrected chi connectivity index (χ1v) is 10.7. The molecule has 0 aliphatic rings. The maximum Gasteiger partial charge on any atom is 0.270 e. The Bertz CT molecular complexity index is 739. The van der Waals surface area contributed by atoms with Crippen molar-refractivity contribution < 1.29 is 18.1 Å². The molecule has 1 rings (SSSR count). The summed E-state index contributed by atoms with van der Waals surface area (Å²) in [5.41, 5.74) is -0.271. The lowest BCUT2D eigenvalue weighted by molar-refractivity contribution is -0.385. The van der Waals surface area contributed by atoms with E-state index in [9.17, 15) is 18.5 Å². The van der Waals surface area contributed by atoms with Gasteiger partial charge < -0.3 is 15.4 Å². The molecule has 1 aromatic carbocycles. The van der Waals surface area contributed by atoms with E-state index < -0.39 is 14.9 Å². The first-order valence-electron chi connectivity index (χ1n) is 9.24. The predicted octanol–water partition coefficient (Wildman–Crippen LogP) is 1.24. The number of hydrogen-bond acceptors (Lipinski definition) is 6. The van der Waals surface area contributed by atoms with Crippen LogP contribution in [0.3, 0.4) is 0 Å². The Balaban J connectivity index is 2.47. The molecule has 0 spiro atoms. The van der Waals surface area contributed by atoms with E-state index in [1.165, 1.54) is 18.2 Å². The van der Waals surface area contributed by atoms with Crippen LogP contribution in [0.15, 0.2) is 34.2 Å². The third-order valence-electron chi connectivity index (χ3n) is 3.56. The molecule has 0 saturated carbocycles. The summed E-state index contributed by atoms with van der Waals surface area (Å²) in [7, 11) is -3.82. The largest absolute Gasteiger partial charge is 0.382 e. The van der Waals surface area contributed by atoms with Crippen molar-refractivity contribution in [3.8, 4) is 0 Å². The Morgan fingerprint density at radius 2 is 2.00 bits per heavy atom. The van der Waals surface area contributed by atoms with Crippen LogP contribution in [0, 0.1) is 10.1 Å². The summed E-state index contributed by atoms with van der Waals surface area (Å²) in [5, 5.41) is 16.9. The minimum absolute atomic E-state index is 0.111. The summed E-state index contributed by atoms with van der Waals surface area (Å²) in [6.07, 6.45) is 1.83. The zero-order valence-electron chi connectivity index (χ0n) is 16.3. The van der Waals surface area contributed by atoms with E-state index in [1.54, 1.807) is 0 Å². The lowest BCUT2D eigenvalue weighted by Gasteiger charge is -2.12. The predicted molar refractivity (Wildman–Crippen MR) is 108 cm³/mol. The molecule has 0 saturated heterocycles. The summed E-state index contributed by atoms with van der Waals surface area (Å²) in [5.74, 6) is 0.605. The highest BCUT2D eigenvalue weighted by Gasteiger charge is 2.16. The third-order valence-corrected chi connectivity index (χ3v) is 5.02. The van der Waals surface area contributed by atoms with Gasteiger partial charge in [-0.3, -0.25) is 15.1 Å². The molecule has 11 heteroatoms. The second kappa shape index (κ2) is 13.0. The van der Waals surface area contributed by atoms with Gasteiger partial charge in [0.05, 0.1) is 9.82 Å². The Labute approximate surface area is 166 Å². The first kappa shape index (κ1) is 23.8. The van der Waals surface area contributed by atoms with Gasteiger partial charge >= 0.3 is 0 Å². The Morgan fingerprint density at radius 1 is 1.21 bits per heavy atom. The zero-order chi connectivity index (χ0) is 20.8. The van der Waals surface area contributed by atoms with Crippen molar-refractivity contribution >= 4 is 21.7 Å². The topological polar surface area (TPSA) is 135 Å². The molecule has 0 fully saturated rings. The fourth-order valence-corrected chi connectivity index (χ4v) is 3.28. The minimum atomic E-state index is -3.82. The minimum Gasteiger partial charge on any atom is -0.382 e. The fourth-order valence-electron chi connectivity index (χ4n) is 2.21. The van der Waals surface area contributed by atoms with Gasteiger partial charge in [0.1, 0.15) is 0 Å². The third kappa shape index (κ3) is 9.11. The number of nitro groups is 1. The lowest BCUT2D eigenvalue weighted by atomic mass is 10.3. The van der Waals surface area contributed by atoms with Gasteiger partial charge in [0.25, 0.3) is 5.69 Å². The van der Waals surface area contributed by atoms with Crippen molar-refractivity contribution in [1.82, 2.24) is 15.4 Å². The maximum atomic E-state index is 12.3. The second-order valence-electron chi connectivity index (χ2n) is 5.74. The van der Waals surface area contributed by atoms with E-state index in [0.29, 0.717) is 32.2 Å². The van der Waals surface area contributed by atoms with Crippen LogP contribution in [0.2, 0.25) is 0 Å². The number of non-ortho nitro benzene ring substituents is 1. The molecule has 0 aromatic heterocycles. The van der Waals surface area contributed by atoms with E-state index in [4.69, 9.17) is 4.74 Å². The van der Waals surface area contributed by atoms with Crippen LogP contribution in [0.4, 0.5) is 5.69 Å². The van der Waals surface area contributed by atoms with Crippen molar-refractivity contribution in [2.75, 3.05) is 39.4 Å². The highest BCUT2D eigenvalue weighted by molar-refractivity contribution is 7.89. The molecular weight excluding hydrogens is 386 g/mol. The number of hydrogen-bond donors (Lipinski definition) is 3. The molecule has 0 unspecified atom stereocenters. The van der Waals surface area contributed by atoms with Gasteiger partial charge in [-0.2, -0.15) is 0 Å². The van der Waals surface area contributed by atoms with E-state index in [2.05, 4.69) is 20.3 Å². The number of ether oxygens (including phenoxy) is 1. The molecule has 10 nitrogen and oxygen atoms in total. The van der Waals surface area contributed by atoms with E-state index in [-0.39, 0.29) is 17.1 Å². The van der Waals surface area contributed by atoms with Crippen LogP contribution in [-0.2, 0) is 14.8 Å². The summed E-state index contributed by atoms with van der Waals surface area (Å²) >= 11 is 0. The lowest BCUT2D eigenvalue weighted by Crippen LogP contribution is -2.41. The summed E-state index contributed by atoms with van der Waals surface area (Å²) in [4.78, 5) is 14.4. The molecule has 158 valence electrons. The van der Waals surface area contributed by atoms with Crippen molar-refractivity contribution in [2.45, 2.75) is 31.6 Å². The van der Waals surface area contributed by atoms with Crippen molar-refractivity contribution in [3.05, 3.63) is 34.4 Å². The number of nitro benzene ring substituents is 1. The monoisotopic (exact) mass is 415 g/mol. The Hall–Kier alpha value is -2.24. The second-order valence-corrected chi connectivity index (χ2v) is 7.51. The van der Waals surface area contributed by atoms with Crippen LogP contribution in [0.1, 0.15) is 26.7 Å². The SMILES string of the molecule is CCNC(=NCCCCOCC)NCCNS(=O)(=O)c1cccc([N+](=O)[O-])c1. The summed E-state index contributed by atoms with van der Waals surface area (Å²) < 4.78 is 32.2. The molecule has 0 amide bonds. The van der Waals surface area contributed by atoms with Crippen LogP contribution in [0.5, 0.6) is 0 Å². The molecule has 0 atom stereocenters. The van der Waals surface area contributed by atoms with Crippen molar-refractivity contribution in [3.63, 3.8) is 0 Å². The molecule has 0 aliphatic carbocycles. The fraction of sp³-hybridized carbons (Fsp3) is 0.588. The average molecular weight is 416 g/mol. The summed E-state index contributed by atoms with van der Waals surface area (Å²) in [6, 6.07) is 4.93. The maximum absolute atomic E-state index is 12.3. The Kier molecular flexibility index (Phi) is 11.1. The number of unbranched alkanes of at least 4 members (excludes halogenated alkanes) is 1. The van der Waals surface area contributed by atoms with Crippen LogP contribution in [0.25, 0.3) is 0 Å². The van der Waals surface area contributed by atoms with Gasteiger partial charge in [-0.15, -0.1) is 0 Å².